The van der Waals surface area contributed by atoms with E-state index in [0.717, 1.165) is 29.2 Å². The monoisotopic (exact) mass is 360 g/mol. The van der Waals surface area contributed by atoms with E-state index in [1.807, 2.05) is 41.3 Å². The number of nitrogens with zero attached hydrogens (tertiary/aromatic N) is 1. The number of rotatable bonds is 2. The SMILES string of the molecule is COc1cccc2c1OC1(C)CC2NC(=S)N1c1ccc(Cl)cc1. The summed E-state index contributed by atoms with van der Waals surface area (Å²) in [6.45, 7) is 2.05. The third-order valence-electron chi connectivity index (χ3n) is 4.57. The molecule has 0 aliphatic carbocycles. The van der Waals surface area contributed by atoms with E-state index in [0.29, 0.717) is 10.1 Å². The molecule has 24 heavy (non-hydrogen) atoms. The van der Waals surface area contributed by atoms with Crippen molar-refractivity contribution in [2.75, 3.05) is 12.0 Å². The van der Waals surface area contributed by atoms with Gasteiger partial charge in [0.25, 0.3) is 0 Å². The summed E-state index contributed by atoms with van der Waals surface area (Å²) < 4.78 is 11.9. The van der Waals surface area contributed by atoms with Gasteiger partial charge in [0, 0.05) is 22.7 Å². The molecule has 1 N–H and O–H groups in total. The minimum atomic E-state index is -0.595. The molecular formula is C18H17ClN2O2S. The van der Waals surface area contributed by atoms with Gasteiger partial charge in [-0.3, -0.25) is 4.90 Å². The standard InChI is InChI=1S/C18H17ClN2O2S/c1-18-10-14(13-4-3-5-15(22-2)16(13)23-18)20-17(24)21(18)12-8-6-11(19)7-9-12/h3-9,14H,10H2,1-2H3,(H,20,24). The van der Waals surface area contributed by atoms with Crippen molar-refractivity contribution < 1.29 is 9.47 Å². The Bertz CT molecular complexity index is 811. The number of halogens is 1. The maximum Gasteiger partial charge on any atom is 0.188 e. The number of benzene rings is 2. The first-order valence-corrected chi connectivity index (χ1v) is 8.53. The minimum absolute atomic E-state index is 0.102. The molecule has 4 nitrogen and oxygen atoms in total. The van der Waals surface area contributed by atoms with E-state index in [1.54, 1.807) is 7.11 Å². The molecule has 4 rings (SSSR count). The smallest absolute Gasteiger partial charge is 0.188 e. The van der Waals surface area contributed by atoms with Crippen LogP contribution in [0.1, 0.15) is 24.9 Å². The van der Waals surface area contributed by atoms with Crippen LogP contribution >= 0.6 is 23.8 Å². The fourth-order valence-electron chi connectivity index (χ4n) is 3.50. The summed E-state index contributed by atoms with van der Waals surface area (Å²) in [5.41, 5.74) is 1.42. The molecule has 0 spiro atoms. The van der Waals surface area contributed by atoms with Crippen molar-refractivity contribution in [2.24, 2.45) is 0 Å². The van der Waals surface area contributed by atoms with E-state index in [4.69, 9.17) is 33.3 Å². The quantitative estimate of drug-likeness (QED) is 0.808. The van der Waals surface area contributed by atoms with Crippen molar-refractivity contribution >= 4 is 34.6 Å². The molecule has 2 aliphatic heterocycles. The number of nitrogens with one attached hydrogen (secondary N) is 1. The number of hydrogen-bond acceptors (Lipinski definition) is 3. The Morgan fingerprint density at radius 3 is 2.75 bits per heavy atom. The summed E-state index contributed by atoms with van der Waals surface area (Å²) in [5.74, 6) is 1.50. The van der Waals surface area contributed by atoms with Crippen molar-refractivity contribution in [3.8, 4) is 11.5 Å². The lowest BCUT2D eigenvalue weighted by Crippen LogP contribution is -2.65. The van der Waals surface area contributed by atoms with Gasteiger partial charge in [0.1, 0.15) is 0 Å². The summed E-state index contributed by atoms with van der Waals surface area (Å²) in [7, 11) is 1.65. The second kappa shape index (κ2) is 5.53. The van der Waals surface area contributed by atoms with Gasteiger partial charge in [-0.25, -0.2) is 0 Å². The van der Waals surface area contributed by atoms with Gasteiger partial charge in [-0.05, 0) is 49.5 Å². The minimum Gasteiger partial charge on any atom is -0.493 e. The Labute approximate surface area is 151 Å². The van der Waals surface area contributed by atoms with Gasteiger partial charge in [0.05, 0.1) is 13.2 Å². The van der Waals surface area contributed by atoms with Crippen LogP contribution in [-0.4, -0.2) is 17.9 Å². The fraction of sp³-hybridized carbons (Fsp3) is 0.278. The molecule has 2 aromatic carbocycles. The van der Waals surface area contributed by atoms with E-state index >= 15 is 0 Å². The first kappa shape index (κ1) is 15.5. The number of ether oxygens (including phenoxy) is 2. The zero-order valence-corrected chi connectivity index (χ0v) is 14.9. The van der Waals surface area contributed by atoms with Gasteiger partial charge in [-0.2, -0.15) is 0 Å². The van der Waals surface area contributed by atoms with E-state index in [1.165, 1.54) is 0 Å². The number of anilines is 1. The highest BCUT2D eigenvalue weighted by molar-refractivity contribution is 7.80. The van der Waals surface area contributed by atoms with Crippen LogP contribution in [0.4, 0.5) is 5.69 Å². The van der Waals surface area contributed by atoms with Gasteiger partial charge in [-0.1, -0.05) is 23.7 Å². The lowest BCUT2D eigenvalue weighted by atomic mass is 9.90. The van der Waals surface area contributed by atoms with Gasteiger partial charge in [0.2, 0.25) is 0 Å². The second-order valence-corrected chi connectivity index (χ2v) is 7.00. The van der Waals surface area contributed by atoms with Crippen LogP contribution in [0.3, 0.4) is 0 Å². The molecule has 1 fully saturated rings. The lowest BCUT2D eigenvalue weighted by Gasteiger charge is -2.52. The van der Waals surface area contributed by atoms with Crippen molar-refractivity contribution in [2.45, 2.75) is 25.1 Å². The number of thiocarbonyl (C=S) groups is 1. The van der Waals surface area contributed by atoms with Crippen molar-refractivity contribution in [3.05, 3.63) is 53.1 Å². The van der Waals surface area contributed by atoms with Crippen LogP contribution in [0.2, 0.25) is 5.02 Å². The van der Waals surface area contributed by atoms with Crippen LogP contribution in [0.25, 0.3) is 0 Å². The molecule has 2 unspecified atom stereocenters. The zero-order valence-electron chi connectivity index (χ0n) is 13.4. The molecule has 2 aromatic rings. The first-order valence-electron chi connectivity index (χ1n) is 7.74. The number of fused-ring (bicyclic) bond motifs is 4. The maximum atomic E-state index is 6.42. The van der Waals surface area contributed by atoms with Gasteiger partial charge >= 0.3 is 0 Å². The van der Waals surface area contributed by atoms with Crippen molar-refractivity contribution in [1.29, 1.82) is 0 Å². The summed E-state index contributed by atoms with van der Waals surface area (Å²) in [4.78, 5) is 2.00. The van der Waals surface area contributed by atoms with E-state index in [-0.39, 0.29) is 6.04 Å². The van der Waals surface area contributed by atoms with Crippen LogP contribution in [0.5, 0.6) is 11.5 Å². The topological polar surface area (TPSA) is 33.7 Å². The third-order valence-corrected chi connectivity index (χ3v) is 5.12. The molecule has 2 heterocycles. The maximum absolute atomic E-state index is 6.42. The fourth-order valence-corrected chi connectivity index (χ4v) is 4.07. The third kappa shape index (κ3) is 2.31. The van der Waals surface area contributed by atoms with E-state index in [2.05, 4.69) is 18.3 Å². The molecule has 0 aromatic heterocycles. The zero-order chi connectivity index (χ0) is 16.9. The Kier molecular flexibility index (Phi) is 3.58. The number of hydrogen-bond donors (Lipinski definition) is 1. The summed E-state index contributed by atoms with van der Waals surface area (Å²) in [5, 5.41) is 4.76. The van der Waals surface area contributed by atoms with Gasteiger partial charge < -0.3 is 14.8 Å². The highest BCUT2D eigenvalue weighted by Crippen LogP contribution is 2.49. The molecule has 6 heteroatoms. The van der Waals surface area contributed by atoms with Crippen molar-refractivity contribution in [1.82, 2.24) is 5.32 Å². The van der Waals surface area contributed by atoms with E-state index in [9.17, 15) is 0 Å². The number of methoxy groups -OCH3 is 1. The van der Waals surface area contributed by atoms with Crippen LogP contribution < -0.4 is 19.7 Å². The van der Waals surface area contributed by atoms with Crippen LogP contribution in [0, 0.1) is 0 Å². The average molecular weight is 361 g/mol. The molecule has 1 saturated heterocycles. The highest BCUT2D eigenvalue weighted by atomic mass is 35.5. The van der Waals surface area contributed by atoms with E-state index < -0.39 is 5.72 Å². The molecule has 2 bridgehead atoms. The molecule has 0 amide bonds. The molecular weight excluding hydrogens is 344 g/mol. The highest BCUT2D eigenvalue weighted by Gasteiger charge is 2.49. The normalized spacial score (nSPS) is 24.7. The average Bonchev–Trinajstić information content (AvgIpc) is 2.55. The Morgan fingerprint density at radius 1 is 1.29 bits per heavy atom. The second-order valence-electron chi connectivity index (χ2n) is 6.17. The Balaban J connectivity index is 1.81. The Morgan fingerprint density at radius 2 is 2.04 bits per heavy atom. The molecule has 124 valence electrons. The molecule has 2 aliphatic rings. The Hall–Kier alpha value is -1.98. The van der Waals surface area contributed by atoms with Gasteiger partial charge in [-0.15, -0.1) is 0 Å². The molecule has 2 atom stereocenters. The predicted molar refractivity (Wildman–Crippen MR) is 99.0 cm³/mol. The predicted octanol–water partition coefficient (Wildman–Crippen LogP) is 4.28. The summed E-state index contributed by atoms with van der Waals surface area (Å²) in [6.07, 6.45) is 0.774. The van der Waals surface area contributed by atoms with Gasteiger partial charge in [0.15, 0.2) is 22.3 Å². The lowest BCUT2D eigenvalue weighted by molar-refractivity contribution is 0.0464. The molecule has 0 radical (unpaired) electrons. The summed E-state index contributed by atoms with van der Waals surface area (Å²) >= 11 is 11.6. The van der Waals surface area contributed by atoms with Crippen LogP contribution in [0.15, 0.2) is 42.5 Å². The summed E-state index contributed by atoms with van der Waals surface area (Å²) in [6, 6.07) is 13.6. The molecule has 0 saturated carbocycles. The first-order chi connectivity index (χ1) is 11.5. The largest absolute Gasteiger partial charge is 0.493 e. The van der Waals surface area contributed by atoms with Crippen LogP contribution in [-0.2, 0) is 0 Å². The van der Waals surface area contributed by atoms with Crippen molar-refractivity contribution in [3.63, 3.8) is 0 Å². The number of para-hydroxylation sites is 1.